The molecule has 0 aromatic rings. The highest BCUT2D eigenvalue weighted by atomic mass is 16.5. The molecule has 0 aliphatic carbocycles. The summed E-state index contributed by atoms with van der Waals surface area (Å²) in [5.41, 5.74) is 0. The van der Waals surface area contributed by atoms with E-state index < -0.39 is 0 Å². The number of methoxy groups -OCH3 is 1. The number of aliphatic hydroxyl groups excluding tert-OH is 1. The van der Waals surface area contributed by atoms with Crippen LogP contribution in [0.25, 0.3) is 0 Å². The van der Waals surface area contributed by atoms with Gasteiger partial charge in [0.1, 0.15) is 12.3 Å². The first-order chi connectivity index (χ1) is 9.06. The van der Waals surface area contributed by atoms with E-state index >= 15 is 0 Å². The second-order valence-corrected chi connectivity index (χ2v) is 4.42. The topological polar surface area (TPSA) is 87.7 Å². The Bertz CT molecular complexity index is 229. The molecule has 114 valence electrons. The molecule has 0 radical (unpaired) electrons. The maximum absolute atomic E-state index is 10.9. The Balaban J connectivity index is 0. The van der Waals surface area contributed by atoms with E-state index in [0.29, 0.717) is 5.92 Å². The lowest BCUT2D eigenvalue weighted by Crippen LogP contribution is -2.39. The van der Waals surface area contributed by atoms with E-state index in [9.17, 15) is 9.59 Å². The number of hydrogen-bond acceptors (Lipinski definition) is 6. The van der Waals surface area contributed by atoms with Crippen molar-refractivity contribution < 1.29 is 19.4 Å². The number of ether oxygens (including phenoxy) is 1. The second kappa shape index (κ2) is 13.5. The SMILES string of the molecule is CNC(C(=O)OC)C(C)C.CO.O=CC1CCNC1. The summed E-state index contributed by atoms with van der Waals surface area (Å²) in [6, 6.07) is -0.176. The summed E-state index contributed by atoms with van der Waals surface area (Å²) >= 11 is 0. The summed E-state index contributed by atoms with van der Waals surface area (Å²) in [6.45, 7) is 5.85. The average molecular weight is 276 g/mol. The monoisotopic (exact) mass is 276 g/mol. The van der Waals surface area contributed by atoms with Gasteiger partial charge in [-0.15, -0.1) is 0 Å². The van der Waals surface area contributed by atoms with Gasteiger partial charge in [-0.3, -0.25) is 4.79 Å². The van der Waals surface area contributed by atoms with E-state index in [1.54, 1.807) is 7.05 Å². The van der Waals surface area contributed by atoms with E-state index in [4.69, 9.17) is 5.11 Å². The van der Waals surface area contributed by atoms with Crippen molar-refractivity contribution in [2.75, 3.05) is 34.4 Å². The lowest BCUT2D eigenvalue weighted by atomic mass is 10.1. The van der Waals surface area contributed by atoms with E-state index in [0.717, 1.165) is 32.9 Å². The molecular formula is C13H28N2O4. The van der Waals surface area contributed by atoms with Gasteiger partial charge in [0.15, 0.2) is 0 Å². The number of rotatable bonds is 4. The molecule has 1 heterocycles. The molecule has 0 saturated carbocycles. The normalized spacial score (nSPS) is 18.6. The Hall–Kier alpha value is -0.980. The lowest BCUT2D eigenvalue weighted by molar-refractivity contribution is -0.144. The van der Waals surface area contributed by atoms with Gasteiger partial charge in [-0.1, -0.05) is 13.8 Å². The van der Waals surface area contributed by atoms with Gasteiger partial charge in [0.2, 0.25) is 0 Å². The van der Waals surface area contributed by atoms with Gasteiger partial charge in [0.25, 0.3) is 0 Å². The van der Waals surface area contributed by atoms with Gasteiger partial charge in [-0.05, 0) is 25.9 Å². The van der Waals surface area contributed by atoms with Crippen LogP contribution >= 0.6 is 0 Å². The Morgan fingerprint density at radius 3 is 2.21 bits per heavy atom. The number of aldehydes is 1. The molecule has 0 bridgehead atoms. The van der Waals surface area contributed by atoms with E-state index in [1.807, 2.05) is 13.8 Å². The van der Waals surface area contributed by atoms with Gasteiger partial charge in [0, 0.05) is 19.6 Å². The standard InChI is InChI=1S/C7H15NO2.C5H9NO.CH4O/c1-5(2)6(8-3)7(9)10-4;7-4-5-1-2-6-3-5;1-2/h5-6,8H,1-4H3;4-6H,1-3H2;2H,1H3. The quantitative estimate of drug-likeness (QED) is 0.487. The van der Waals surface area contributed by atoms with Crippen molar-refractivity contribution in [3.8, 4) is 0 Å². The minimum Gasteiger partial charge on any atom is -0.468 e. The van der Waals surface area contributed by atoms with Crippen LogP contribution < -0.4 is 10.6 Å². The van der Waals surface area contributed by atoms with Crippen LogP contribution in [0.1, 0.15) is 20.3 Å². The van der Waals surface area contributed by atoms with Crippen LogP contribution in [-0.2, 0) is 14.3 Å². The van der Waals surface area contributed by atoms with Crippen molar-refractivity contribution >= 4 is 12.3 Å². The van der Waals surface area contributed by atoms with Gasteiger partial charge in [-0.2, -0.15) is 0 Å². The van der Waals surface area contributed by atoms with Gasteiger partial charge in [0.05, 0.1) is 7.11 Å². The summed E-state index contributed by atoms with van der Waals surface area (Å²) in [7, 11) is 4.15. The smallest absolute Gasteiger partial charge is 0.323 e. The summed E-state index contributed by atoms with van der Waals surface area (Å²) in [5.74, 6) is 0.384. The molecule has 0 aromatic heterocycles. The number of nitrogens with one attached hydrogen (secondary N) is 2. The number of hydrogen-bond donors (Lipinski definition) is 3. The fourth-order valence-corrected chi connectivity index (χ4v) is 1.64. The van der Waals surface area contributed by atoms with Crippen LogP contribution in [0.4, 0.5) is 0 Å². The zero-order valence-electron chi connectivity index (χ0n) is 12.6. The van der Waals surface area contributed by atoms with Crippen LogP contribution in [0.5, 0.6) is 0 Å². The first-order valence-electron chi connectivity index (χ1n) is 6.42. The molecule has 6 nitrogen and oxygen atoms in total. The highest BCUT2D eigenvalue weighted by Gasteiger charge is 2.19. The molecular weight excluding hydrogens is 248 g/mol. The fourth-order valence-electron chi connectivity index (χ4n) is 1.64. The average Bonchev–Trinajstić information content (AvgIpc) is 2.95. The molecule has 0 amide bonds. The van der Waals surface area contributed by atoms with Crippen molar-refractivity contribution in [2.45, 2.75) is 26.3 Å². The molecule has 6 heteroatoms. The third-order valence-corrected chi connectivity index (χ3v) is 2.72. The summed E-state index contributed by atoms with van der Waals surface area (Å²) in [5, 5.41) is 13.0. The minimum atomic E-state index is -0.197. The molecule has 2 atom stereocenters. The number of aliphatic hydroxyl groups is 1. The van der Waals surface area contributed by atoms with Gasteiger partial charge >= 0.3 is 5.97 Å². The van der Waals surface area contributed by atoms with Crippen molar-refractivity contribution in [1.29, 1.82) is 0 Å². The van der Waals surface area contributed by atoms with E-state index in [1.165, 1.54) is 7.11 Å². The van der Waals surface area contributed by atoms with Crippen molar-refractivity contribution in [3.05, 3.63) is 0 Å². The van der Waals surface area contributed by atoms with E-state index in [-0.39, 0.29) is 17.9 Å². The summed E-state index contributed by atoms with van der Waals surface area (Å²) in [6.07, 6.45) is 2.06. The molecule has 1 rings (SSSR count). The Kier molecular flexibility index (Phi) is 14.4. The van der Waals surface area contributed by atoms with Crippen molar-refractivity contribution in [2.24, 2.45) is 11.8 Å². The van der Waals surface area contributed by atoms with Crippen LogP contribution in [0.3, 0.4) is 0 Å². The number of carbonyl (C=O) groups excluding carboxylic acids is 2. The largest absolute Gasteiger partial charge is 0.468 e. The summed E-state index contributed by atoms with van der Waals surface area (Å²) < 4.78 is 4.56. The lowest BCUT2D eigenvalue weighted by Gasteiger charge is -2.16. The molecule has 1 fully saturated rings. The summed E-state index contributed by atoms with van der Waals surface area (Å²) in [4.78, 5) is 20.9. The zero-order valence-corrected chi connectivity index (χ0v) is 12.6. The first-order valence-corrected chi connectivity index (χ1v) is 6.42. The number of likely N-dealkylation sites (N-methyl/N-ethyl adjacent to an activating group) is 1. The third kappa shape index (κ3) is 9.58. The van der Waals surface area contributed by atoms with Crippen LogP contribution in [0.2, 0.25) is 0 Å². The maximum Gasteiger partial charge on any atom is 0.323 e. The molecule has 1 aliphatic rings. The van der Waals surface area contributed by atoms with E-state index in [2.05, 4.69) is 15.4 Å². The van der Waals surface area contributed by atoms with Crippen LogP contribution in [0.15, 0.2) is 0 Å². The molecule has 1 aliphatic heterocycles. The maximum atomic E-state index is 10.9. The zero-order chi connectivity index (χ0) is 15.3. The second-order valence-electron chi connectivity index (χ2n) is 4.42. The molecule has 0 spiro atoms. The Morgan fingerprint density at radius 2 is 2.05 bits per heavy atom. The van der Waals surface area contributed by atoms with Crippen LogP contribution in [-0.4, -0.2) is 57.8 Å². The highest BCUT2D eigenvalue weighted by molar-refractivity contribution is 5.75. The van der Waals surface area contributed by atoms with Crippen LogP contribution in [0, 0.1) is 11.8 Å². The molecule has 19 heavy (non-hydrogen) atoms. The number of carbonyl (C=O) groups is 2. The molecule has 1 saturated heterocycles. The van der Waals surface area contributed by atoms with Crippen molar-refractivity contribution in [3.63, 3.8) is 0 Å². The minimum absolute atomic E-state index is 0.176. The first kappa shape index (κ1) is 20.3. The van der Waals surface area contributed by atoms with Crippen molar-refractivity contribution in [1.82, 2.24) is 10.6 Å². The Morgan fingerprint density at radius 1 is 1.47 bits per heavy atom. The predicted molar refractivity (Wildman–Crippen MR) is 74.9 cm³/mol. The highest BCUT2D eigenvalue weighted by Crippen LogP contribution is 2.02. The Labute approximate surface area is 115 Å². The number of esters is 1. The molecule has 2 unspecified atom stereocenters. The fraction of sp³-hybridized carbons (Fsp3) is 0.846. The van der Waals surface area contributed by atoms with Gasteiger partial charge < -0.3 is 25.3 Å². The van der Waals surface area contributed by atoms with Gasteiger partial charge in [-0.25, -0.2) is 0 Å². The molecule has 3 N–H and O–H groups in total. The predicted octanol–water partition coefficient (Wildman–Crippen LogP) is -0.193. The molecule has 0 aromatic carbocycles. The third-order valence-electron chi connectivity index (χ3n) is 2.72.